The average Bonchev–Trinajstić information content (AvgIpc) is 2.43. The second-order valence-electron chi connectivity index (χ2n) is 4.44. The molecular weight excluding hydrogens is 344 g/mol. The van der Waals surface area contributed by atoms with Crippen molar-refractivity contribution in [2.75, 3.05) is 5.75 Å². The summed E-state index contributed by atoms with van der Waals surface area (Å²) in [7, 11) is 0. The van der Waals surface area contributed by atoms with Gasteiger partial charge in [0.15, 0.2) is 0 Å². The number of hydrogen-bond acceptors (Lipinski definition) is 2. The maximum Gasteiger partial charge on any atom is 0.137 e. The summed E-state index contributed by atoms with van der Waals surface area (Å²) in [5.41, 5.74) is 6.92. The number of thioether (sulfide) groups is 1. The van der Waals surface area contributed by atoms with Gasteiger partial charge in [-0.05, 0) is 58.2 Å². The highest BCUT2D eigenvalue weighted by molar-refractivity contribution is 9.10. The molecule has 0 heterocycles. The molecule has 0 amide bonds. The van der Waals surface area contributed by atoms with Gasteiger partial charge >= 0.3 is 0 Å². The average molecular weight is 358 g/mol. The van der Waals surface area contributed by atoms with Crippen LogP contribution in [0.4, 0.5) is 8.78 Å². The first-order valence-corrected chi connectivity index (χ1v) is 7.91. The van der Waals surface area contributed by atoms with Crippen LogP contribution in [0.1, 0.15) is 5.56 Å². The van der Waals surface area contributed by atoms with Crippen molar-refractivity contribution in [3.05, 3.63) is 64.1 Å². The largest absolute Gasteiger partial charge is 0.327 e. The van der Waals surface area contributed by atoms with Crippen molar-refractivity contribution < 1.29 is 8.78 Å². The van der Waals surface area contributed by atoms with Gasteiger partial charge in [-0.3, -0.25) is 0 Å². The van der Waals surface area contributed by atoms with Crippen molar-refractivity contribution in [3.8, 4) is 0 Å². The van der Waals surface area contributed by atoms with Crippen molar-refractivity contribution >= 4 is 27.7 Å². The number of nitrogens with two attached hydrogens (primary N) is 1. The van der Waals surface area contributed by atoms with Gasteiger partial charge in [-0.15, -0.1) is 11.8 Å². The Balaban J connectivity index is 1.91. The monoisotopic (exact) mass is 357 g/mol. The van der Waals surface area contributed by atoms with Gasteiger partial charge in [-0.2, -0.15) is 0 Å². The Morgan fingerprint density at radius 2 is 1.80 bits per heavy atom. The molecule has 2 aromatic carbocycles. The molecule has 106 valence electrons. The highest BCUT2D eigenvalue weighted by Gasteiger charge is 2.10. The Morgan fingerprint density at radius 3 is 2.50 bits per heavy atom. The van der Waals surface area contributed by atoms with Gasteiger partial charge in [-0.1, -0.05) is 12.1 Å². The van der Waals surface area contributed by atoms with Crippen LogP contribution in [-0.4, -0.2) is 11.8 Å². The number of rotatable bonds is 5. The van der Waals surface area contributed by atoms with Crippen LogP contribution in [0.25, 0.3) is 0 Å². The molecule has 1 atom stereocenters. The van der Waals surface area contributed by atoms with Gasteiger partial charge in [0.05, 0.1) is 4.47 Å². The van der Waals surface area contributed by atoms with E-state index >= 15 is 0 Å². The lowest BCUT2D eigenvalue weighted by atomic mass is 10.1. The van der Waals surface area contributed by atoms with E-state index < -0.39 is 0 Å². The predicted molar refractivity (Wildman–Crippen MR) is 82.9 cm³/mol. The summed E-state index contributed by atoms with van der Waals surface area (Å²) in [6.45, 7) is 0. The van der Waals surface area contributed by atoms with E-state index in [1.54, 1.807) is 30.0 Å². The molecule has 0 fully saturated rings. The molecule has 0 aliphatic carbocycles. The number of benzene rings is 2. The maximum atomic E-state index is 13.4. The van der Waals surface area contributed by atoms with Crippen LogP contribution in [-0.2, 0) is 6.42 Å². The van der Waals surface area contributed by atoms with Crippen molar-refractivity contribution in [3.63, 3.8) is 0 Å². The molecule has 2 rings (SSSR count). The summed E-state index contributed by atoms with van der Waals surface area (Å²) in [5.74, 6) is 0.164. The van der Waals surface area contributed by atoms with Gasteiger partial charge in [0, 0.05) is 16.7 Å². The Labute approximate surface area is 129 Å². The quantitative estimate of drug-likeness (QED) is 0.803. The molecule has 1 nitrogen and oxygen atoms in total. The Kier molecular flexibility index (Phi) is 5.57. The molecule has 0 saturated heterocycles. The maximum absolute atomic E-state index is 13.4. The summed E-state index contributed by atoms with van der Waals surface area (Å²) in [5, 5.41) is 0. The molecular formula is C15H14BrF2NS. The zero-order valence-corrected chi connectivity index (χ0v) is 13.1. The fraction of sp³-hybridized carbons (Fsp3) is 0.200. The second kappa shape index (κ2) is 7.20. The third-order valence-corrected chi connectivity index (χ3v) is 4.88. The molecule has 0 aromatic heterocycles. The van der Waals surface area contributed by atoms with Crippen LogP contribution in [0.3, 0.4) is 0 Å². The molecule has 0 radical (unpaired) electrons. The van der Waals surface area contributed by atoms with Gasteiger partial charge < -0.3 is 5.73 Å². The minimum absolute atomic E-state index is 0.0943. The van der Waals surface area contributed by atoms with Gasteiger partial charge in [0.2, 0.25) is 0 Å². The molecule has 0 spiro atoms. The Morgan fingerprint density at radius 1 is 1.10 bits per heavy atom. The standard InChI is InChI=1S/C15H14BrF2NS/c16-15-10(2-1-3-14(15)18)8-12(19)9-20-13-6-4-11(17)5-7-13/h1-7,12H,8-9,19H2. The Bertz CT molecular complexity index is 575. The van der Waals surface area contributed by atoms with Crippen molar-refractivity contribution in [2.24, 2.45) is 5.73 Å². The smallest absolute Gasteiger partial charge is 0.137 e. The van der Waals surface area contributed by atoms with Gasteiger partial charge in [0.25, 0.3) is 0 Å². The molecule has 0 aliphatic heterocycles. The van der Waals surface area contributed by atoms with Crippen molar-refractivity contribution in [1.82, 2.24) is 0 Å². The van der Waals surface area contributed by atoms with Crippen LogP contribution >= 0.6 is 27.7 Å². The van der Waals surface area contributed by atoms with Crippen LogP contribution in [0.15, 0.2) is 51.8 Å². The first-order chi connectivity index (χ1) is 9.56. The third-order valence-electron chi connectivity index (χ3n) is 2.79. The lowest BCUT2D eigenvalue weighted by Gasteiger charge is -2.13. The summed E-state index contributed by atoms with van der Waals surface area (Å²) < 4.78 is 26.6. The molecule has 2 aromatic rings. The second-order valence-corrected chi connectivity index (χ2v) is 6.33. The topological polar surface area (TPSA) is 26.0 Å². The third kappa shape index (κ3) is 4.30. The SMILES string of the molecule is NC(CSc1ccc(F)cc1)Cc1cccc(F)c1Br. The molecule has 20 heavy (non-hydrogen) atoms. The van der Waals surface area contributed by atoms with Crippen LogP contribution in [0, 0.1) is 11.6 Å². The molecule has 0 saturated carbocycles. The fourth-order valence-electron chi connectivity index (χ4n) is 1.78. The molecule has 5 heteroatoms. The van der Waals surface area contributed by atoms with E-state index in [1.165, 1.54) is 18.2 Å². The number of halogens is 3. The van der Waals surface area contributed by atoms with E-state index in [9.17, 15) is 8.78 Å². The lowest BCUT2D eigenvalue weighted by molar-refractivity contribution is 0.615. The minimum atomic E-state index is -0.277. The van der Waals surface area contributed by atoms with E-state index in [4.69, 9.17) is 5.73 Å². The highest BCUT2D eigenvalue weighted by atomic mass is 79.9. The van der Waals surface area contributed by atoms with Crippen LogP contribution < -0.4 is 5.73 Å². The summed E-state index contributed by atoms with van der Waals surface area (Å²) >= 11 is 4.80. The molecule has 0 aliphatic rings. The van der Waals surface area contributed by atoms with Gasteiger partial charge in [-0.25, -0.2) is 8.78 Å². The molecule has 2 N–H and O–H groups in total. The lowest BCUT2D eigenvalue weighted by Crippen LogP contribution is -2.25. The van der Waals surface area contributed by atoms with Crippen LogP contribution in [0.5, 0.6) is 0 Å². The van der Waals surface area contributed by atoms with E-state index in [0.717, 1.165) is 10.5 Å². The first kappa shape index (κ1) is 15.5. The minimum Gasteiger partial charge on any atom is -0.327 e. The highest BCUT2D eigenvalue weighted by Crippen LogP contribution is 2.23. The summed E-state index contributed by atoms with van der Waals surface area (Å²) in [6, 6.07) is 11.2. The zero-order valence-electron chi connectivity index (χ0n) is 10.7. The predicted octanol–water partition coefficient (Wildman–Crippen LogP) is 4.39. The van der Waals surface area contributed by atoms with Crippen molar-refractivity contribution in [1.29, 1.82) is 0 Å². The molecule has 1 unspecified atom stereocenters. The first-order valence-electron chi connectivity index (χ1n) is 6.13. The van der Waals surface area contributed by atoms with E-state index in [2.05, 4.69) is 15.9 Å². The van der Waals surface area contributed by atoms with Crippen LogP contribution in [0.2, 0.25) is 0 Å². The number of hydrogen-bond donors (Lipinski definition) is 1. The van der Waals surface area contributed by atoms with E-state index in [1.807, 2.05) is 6.07 Å². The summed E-state index contributed by atoms with van der Waals surface area (Å²) in [4.78, 5) is 0.972. The van der Waals surface area contributed by atoms with E-state index in [0.29, 0.717) is 16.6 Å². The Hall–Kier alpha value is -0.910. The summed E-state index contributed by atoms with van der Waals surface area (Å²) in [6.07, 6.45) is 0.590. The fourth-order valence-corrected chi connectivity index (χ4v) is 3.06. The zero-order chi connectivity index (χ0) is 14.5. The van der Waals surface area contributed by atoms with Gasteiger partial charge in [0.1, 0.15) is 11.6 Å². The van der Waals surface area contributed by atoms with E-state index in [-0.39, 0.29) is 17.7 Å². The molecule has 0 bridgehead atoms. The normalized spacial score (nSPS) is 12.4. The van der Waals surface area contributed by atoms with Crippen molar-refractivity contribution in [2.45, 2.75) is 17.4 Å².